The van der Waals surface area contributed by atoms with E-state index < -0.39 is 6.10 Å². The third kappa shape index (κ3) is 0.816. The van der Waals surface area contributed by atoms with Crippen molar-refractivity contribution < 1.29 is 9.53 Å². The van der Waals surface area contributed by atoms with Crippen LogP contribution in [-0.2, 0) is 9.53 Å². The number of aliphatic imine (C=N–C) groups is 1. The number of carbonyl (C=O) groups excluding carboxylic acids is 1. The first-order valence-corrected chi connectivity index (χ1v) is 2.66. The second-order valence-electron chi connectivity index (χ2n) is 1.35. The minimum absolute atomic E-state index is 0.179. The lowest BCUT2D eigenvalue weighted by Gasteiger charge is -1.97. The van der Waals surface area contributed by atoms with E-state index in [2.05, 4.69) is 9.73 Å². The van der Waals surface area contributed by atoms with E-state index in [1.54, 1.807) is 0 Å². The number of hydrogen-bond donors (Lipinski definition) is 0. The number of hydrogen-bond acceptors (Lipinski definition) is 2. The first-order valence-electron chi connectivity index (χ1n) is 2.12. The number of carbonyl (C=O) groups is 1. The topological polar surface area (TPSA) is 38.7 Å². The largest absolute Gasteiger partial charge is 0.469 e. The first kappa shape index (κ1) is 5.56. The molecule has 0 spiro atoms. The second-order valence-corrected chi connectivity index (χ2v) is 1.66. The predicted molar refractivity (Wildman–Crippen MR) is 29.1 cm³/mol. The van der Waals surface area contributed by atoms with Gasteiger partial charge in [0.25, 0.3) is 5.91 Å². The first-order chi connectivity index (χ1) is 3.84. The van der Waals surface area contributed by atoms with Crippen molar-refractivity contribution in [3.8, 4) is 0 Å². The standard InChI is InChI=1S/C4H4ClNO2/c5-1-3-4(7)6-2-8-3/h2-3H,1H2. The van der Waals surface area contributed by atoms with Gasteiger partial charge in [-0.05, 0) is 0 Å². The Hall–Kier alpha value is -0.570. The molecule has 1 heterocycles. The molecule has 0 saturated carbocycles. The summed E-state index contributed by atoms with van der Waals surface area (Å²) in [5.41, 5.74) is 0. The van der Waals surface area contributed by atoms with Crippen LogP contribution in [-0.4, -0.2) is 24.3 Å². The van der Waals surface area contributed by atoms with Crippen LogP contribution in [0.1, 0.15) is 0 Å². The van der Waals surface area contributed by atoms with E-state index in [0.717, 1.165) is 6.40 Å². The van der Waals surface area contributed by atoms with Gasteiger partial charge in [0.15, 0.2) is 12.5 Å². The highest BCUT2D eigenvalue weighted by Crippen LogP contribution is 2.01. The lowest BCUT2D eigenvalue weighted by Crippen LogP contribution is -2.17. The van der Waals surface area contributed by atoms with Gasteiger partial charge < -0.3 is 4.74 Å². The maximum absolute atomic E-state index is 10.4. The molecule has 0 saturated heterocycles. The van der Waals surface area contributed by atoms with Gasteiger partial charge in [-0.15, -0.1) is 11.6 Å². The quantitative estimate of drug-likeness (QED) is 0.479. The van der Waals surface area contributed by atoms with Crippen molar-refractivity contribution >= 4 is 23.9 Å². The van der Waals surface area contributed by atoms with Crippen molar-refractivity contribution in [2.75, 3.05) is 5.88 Å². The zero-order valence-corrected chi connectivity index (χ0v) is 4.76. The van der Waals surface area contributed by atoms with Gasteiger partial charge in [-0.2, -0.15) is 4.99 Å². The predicted octanol–water partition coefficient (Wildman–Crippen LogP) is 0.179. The number of halogens is 1. The second kappa shape index (κ2) is 2.13. The Bertz CT molecular complexity index is 134. The van der Waals surface area contributed by atoms with E-state index in [-0.39, 0.29) is 11.8 Å². The molecule has 0 fully saturated rings. The fourth-order valence-electron chi connectivity index (χ4n) is 0.400. The summed E-state index contributed by atoms with van der Waals surface area (Å²) in [6, 6.07) is 0. The van der Waals surface area contributed by atoms with Crippen LogP contribution in [0.4, 0.5) is 0 Å². The van der Waals surface area contributed by atoms with Gasteiger partial charge in [-0.3, -0.25) is 4.79 Å². The van der Waals surface area contributed by atoms with Gasteiger partial charge in [0, 0.05) is 0 Å². The van der Waals surface area contributed by atoms with Crippen molar-refractivity contribution in [2.24, 2.45) is 4.99 Å². The van der Waals surface area contributed by atoms with Gasteiger partial charge >= 0.3 is 0 Å². The lowest BCUT2D eigenvalue weighted by atomic mass is 10.4. The van der Waals surface area contributed by atoms with E-state index in [4.69, 9.17) is 11.6 Å². The molecule has 1 aliphatic rings. The molecule has 0 aromatic carbocycles. The van der Waals surface area contributed by atoms with E-state index in [9.17, 15) is 4.79 Å². The van der Waals surface area contributed by atoms with Gasteiger partial charge in [-0.1, -0.05) is 0 Å². The van der Waals surface area contributed by atoms with Crippen LogP contribution in [0.3, 0.4) is 0 Å². The molecule has 44 valence electrons. The molecule has 3 nitrogen and oxygen atoms in total. The van der Waals surface area contributed by atoms with Crippen molar-refractivity contribution in [3.05, 3.63) is 0 Å². The highest BCUT2D eigenvalue weighted by atomic mass is 35.5. The Balaban J connectivity index is 2.51. The highest BCUT2D eigenvalue weighted by molar-refractivity contribution is 6.20. The minimum atomic E-state index is -0.531. The van der Waals surface area contributed by atoms with Gasteiger partial charge in [-0.25, -0.2) is 0 Å². The molecule has 1 atom stereocenters. The summed E-state index contributed by atoms with van der Waals surface area (Å²) < 4.78 is 4.64. The third-order valence-electron chi connectivity index (χ3n) is 0.821. The molecule has 1 rings (SSSR count). The normalized spacial score (nSPS) is 26.1. The lowest BCUT2D eigenvalue weighted by molar-refractivity contribution is -0.121. The van der Waals surface area contributed by atoms with Gasteiger partial charge in [0.2, 0.25) is 0 Å². The van der Waals surface area contributed by atoms with Crippen molar-refractivity contribution in [3.63, 3.8) is 0 Å². The molecule has 0 radical (unpaired) electrons. The summed E-state index contributed by atoms with van der Waals surface area (Å²) >= 11 is 5.28. The summed E-state index contributed by atoms with van der Waals surface area (Å²) in [5, 5.41) is 0. The molecule has 1 unspecified atom stereocenters. The molecule has 1 amide bonds. The average Bonchev–Trinajstić information content (AvgIpc) is 2.14. The van der Waals surface area contributed by atoms with Crippen molar-refractivity contribution in [1.29, 1.82) is 0 Å². The van der Waals surface area contributed by atoms with Crippen LogP contribution in [0.25, 0.3) is 0 Å². The molecule has 0 N–H and O–H groups in total. The molecule has 4 heteroatoms. The molecule has 0 bridgehead atoms. The Labute approximate surface area is 51.3 Å². The van der Waals surface area contributed by atoms with Crippen LogP contribution < -0.4 is 0 Å². The highest BCUT2D eigenvalue weighted by Gasteiger charge is 2.20. The molecule has 0 aromatic rings. The minimum Gasteiger partial charge on any atom is -0.469 e. The van der Waals surface area contributed by atoms with E-state index in [1.807, 2.05) is 0 Å². The molecule has 0 aliphatic carbocycles. The maximum atomic E-state index is 10.4. The maximum Gasteiger partial charge on any atom is 0.290 e. The third-order valence-corrected chi connectivity index (χ3v) is 1.10. The van der Waals surface area contributed by atoms with E-state index in [0.29, 0.717) is 0 Å². The summed E-state index contributed by atoms with van der Waals surface area (Å²) in [4.78, 5) is 13.7. The van der Waals surface area contributed by atoms with Crippen LogP contribution in [0.5, 0.6) is 0 Å². The Morgan fingerprint density at radius 2 is 2.75 bits per heavy atom. The molecule has 1 aliphatic heterocycles. The van der Waals surface area contributed by atoms with E-state index in [1.165, 1.54) is 0 Å². The fraction of sp³-hybridized carbons (Fsp3) is 0.500. The number of rotatable bonds is 1. The smallest absolute Gasteiger partial charge is 0.290 e. The number of nitrogens with zero attached hydrogens (tertiary/aromatic N) is 1. The van der Waals surface area contributed by atoms with Crippen molar-refractivity contribution in [1.82, 2.24) is 0 Å². The zero-order valence-electron chi connectivity index (χ0n) is 4.00. The molecule has 0 aromatic heterocycles. The van der Waals surface area contributed by atoms with Crippen molar-refractivity contribution in [2.45, 2.75) is 6.10 Å². The number of ether oxygens (including phenoxy) is 1. The Morgan fingerprint density at radius 1 is 2.00 bits per heavy atom. The monoisotopic (exact) mass is 133 g/mol. The van der Waals surface area contributed by atoms with Crippen LogP contribution in [0.2, 0.25) is 0 Å². The zero-order chi connectivity index (χ0) is 5.98. The molecular weight excluding hydrogens is 130 g/mol. The fourth-order valence-corrected chi connectivity index (χ4v) is 0.604. The SMILES string of the molecule is O=C1N=COC1CCl. The van der Waals surface area contributed by atoms with Gasteiger partial charge in [0.1, 0.15) is 0 Å². The summed E-state index contributed by atoms with van der Waals surface area (Å²) in [5.74, 6) is -0.112. The number of amides is 1. The molecular formula is C4H4ClNO2. The van der Waals surface area contributed by atoms with Crippen LogP contribution in [0.15, 0.2) is 4.99 Å². The Morgan fingerprint density at radius 3 is 3.00 bits per heavy atom. The van der Waals surface area contributed by atoms with E-state index >= 15 is 0 Å². The Kier molecular flexibility index (Phi) is 1.48. The van der Waals surface area contributed by atoms with Crippen LogP contribution in [0, 0.1) is 0 Å². The average molecular weight is 134 g/mol. The summed E-state index contributed by atoms with van der Waals surface area (Å²) in [6.45, 7) is 0. The molecule has 8 heavy (non-hydrogen) atoms. The van der Waals surface area contributed by atoms with Gasteiger partial charge in [0.05, 0.1) is 5.88 Å². The van der Waals surface area contributed by atoms with Crippen LogP contribution >= 0.6 is 11.6 Å². The number of alkyl halides is 1. The summed E-state index contributed by atoms with van der Waals surface area (Å²) in [6.07, 6.45) is 0.590. The summed E-state index contributed by atoms with van der Waals surface area (Å²) in [7, 11) is 0.